The Bertz CT molecular complexity index is 1480. The van der Waals surface area contributed by atoms with Crippen LogP contribution in [0.1, 0.15) is 37.9 Å². The van der Waals surface area contributed by atoms with Gasteiger partial charge in [-0.1, -0.05) is 6.92 Å². The zero-order chi connectivity index (χ0) is 23.8. The van der Waals surface area contributed by atoms with Crippen molar-refractivity contribution in [2.24, 2.45) is 17.8 Å². The number of fused-ring (bicyclic) bond motifs is 3. The van der Waals surface area contributed by atoms with Crippen LogP contribution in [-0.2, 0) is 11.8 Å². The lowest BCUT2D eigenvalue weighted by Crippen LogP contribution is -2.34. The second kappa shape index (κ2) is 8.86. The minimum atomic E-state index is -0.371. The summed E-state index contributed by atoms with van der Waals surface area (Å²) in [6, 6.07) is 3.67. The first kappa shape index (κ1) is 22.0. The molecule has 1 aliphatic heterocycles. The van der Waals surface area contributed by atoms with Crippen LogP contribution in [0.25, 0.3) is 39.0 Å². The van der Waals surface area contributed by atoms with E-state index in [9.17, 15) is 4.79 Å². The molecule has 10 heteroatoms. The number of pyridine rings is 1. The van der Waals surface area contributed by atoms with Gasteiger partial charge in [0, 0.05) is 56.5 Å². The Kier molecular flexibility index (Phi) is 5.74. The average Bonchev–Trinajstić information content (AvgIpc) is 3.45. The van der Waals surface area contributed by atoms with Gasteiger partial charge in [-0.05, 0) is 31.4 Å². The third-order valence-corrected chi connectivity index (χ3v) is 6.26. The molecule has 0 aliphatic carbocycles. The molecule has 176 valence electrons. The molecule has 34 heavy (non-hydrogen) atoms. The standard InChI is InChI=1S/C24H27N7O3/c1-4-17-9-16(7-8-33-17)31-22-21-19(6-5-18(28-21)15-12-27-30(3)13-15)34-23(22)20(29-24(31)32)14(10-25)11-26-2/h5-6,10-13,16-17H,4,7-9,25H2,1-3H3/t16-,17-/m0/s1. The van der Waals surface area contributed by atoms with E-state index in [1.165, 1.54) is 6.20 Å². The van der Waals surface area contributed by atoms with Crippen molar-refractivity contribution >= 4 is 34.0 Å². The summed E-state index contributed by atoms with van der Waals surface area (Å²) < 4.78 is 15.6. The molecule has 0 radical (unpaired) electrons. The molecule has 2 N–H and O–H groups in total. The van der Waals surface area contributed by atoms with Crippen molar-refractivity contribution in [3.05, 3.63) is 46.9 Å². The van der Waals surface area contributed by atoms with Crippen molar-refractivity contribution in [1.29, 1.82) is 0 Å². The number of hydrogen-bond acceptors (Lipinski definition) is 8. The normalized spacial score (nSPS) is 19.6. The number of nitrogens with zero attached hydrogens (tertiary/aromatic N) is 6. The van der Waals surface area contributed by atoms with Gasteiger partial charge in [0.2, 0.25) is 0 Å². The Morgan fingerprint density at radius 2 is 2.21 bits per heavy atom. The molecular weight excluding hydrogens is 434 g/mol. The predicted molar refractivity (Wildman–Crippen MR) is 131 cm³/mol. The molecule has 5 heterocycles. The molecule has 1 aliphatic rings. The van der Waals surface area contributed by atoms with Gasteiger partial charge in [0.05, 0.1) is 18.0 Å². The molecule has 0 aromatic carbocycles. The summed E-state index contributed by atoms with van der Waals surface area (Å²) >= 11 is 0. The quantitative estimate of drug-likeness (QED) is 0.453. The second-order valence-corrected chi connectivity index (χ2v) is 8.43. The van der Waals surface area contributed by atoms with E-state index in [-0.39, 0.29) is 17.8 Å². The number of hydrogen-bond donors (Lipinski definition) is 1. The number of aryl methyl sites for hydroxylation is 1. The first-order valence-corrected chi connectivity index (χ1v) is 11.3. The van der Waals surface area contributed by atoms with Gasteiger partial charge < -0.3 is 14.9 Å². The molecular formula is C24H27N7O3. The summed E-state index contributed by atoms with van der Waals surface area (Å²) in [6.07, 6.45) is 8.99. The van der Waals surface area contributed by atoms with E-state index in [1.54, 1.807) is 28.7 Å². The van der Waals surface area contributed by atoms with Gasteiger partial charge in [-0.3, -0.25) is 14.2 Å². The Hall–Kier alpha value is -3.79. The maximum absolute atomic E-state index is 13.5. The summed E-state index contributed by atoms with van der Waals surface area (Å²) in [4.78, 5) is 26.8. The van der Waals surface area contributed by atoms with Gasteiger partial charge in [0.1, 0.15) is 16.7 Å². The van der Waals surface area contributed by atoms with Gasteiger partial charge in [-0.25, -0.2) is 9.78 Å². The van der Waals surface area contributed by atoms with Crippen LogP contribution in [0.3, 0.4) is 0 Å². The summed E-state index contributed by atoms with van der Waals surface area (Å²) in [7, 11) is 3.49. The minimum Gasteiger partial charge on any atom is -0.450 e. The van der Waals surface area contributed by atoms with Crippen molar-refractivity contribution in [1.82, 2.24) is 24.3 Å². The minimum absolute atomic E-state index is 0.0787. The Labute approximate surface area is 195 Å². The van der Waals surface area contributed by atoms with Crippen molar-refractivity contribution in [2.75, 3.05) is 13.7 Å². The highest BCUT2D eigenvalue weighted by atomic mass is 16.5. The molecule has 0 bridgehead atoms. The number of aliphatic imine (C=N–C) groups is 1. The van der Waals surface area contributed by atoms with E-state index in [1.807, 2.05) is 25.4 Å². The van der Waals surface area contributed by atoms with E-state index < -0.39 is 0 Å². The van der Waals surface area contributed by atoms with Crippen LogP contribution in [-0.4, -0.2) is 50.3 Å². The zero-order valence-electron chi connectivity index (χ0n) is 19.4. The van der Waals surface area contributed by atoms with Crippen LogP contribution >= 0.6 is 0 Å². The van der Waals surface area contributed by atoms with Gasteiger partial charge in [-0.2, -0.15) is 10.1 Å². The van der Waals surface area contributed by atoms with E-state index >= 15 is 0 Å². The predicted octanol–water partition coefficient (Wildman–Crippen LogP) is 3.07. The highest BCUT2D eigenvalue weighted by Crippen LogP contribution is 2.35. The molecule has 4 aromatic heterocycles. The molecule has 0 amide bonds. The van der Waals surface area contributed by atoms with Crippen molar-refractivity contribution < 1.29 is 9.15 Å². The van der Waals surface area contributed by atoms with Crippen molar-refractivity contribution in [3.63, 3.8) is 0 Å². The van der Waals surface area contributed by atoms with E-state index in [2.05, 4.69) is 22.0 Å². The fraction of sp³-hybridized carbons (Fsp3) is 0.375. The summed E-state index contributed by atoms with van der Waals surface area (Å²) in [5.41, 5.74) is 10.2. The van der Waals surface area contributed by atoms with Gasteiger partial charge >= 0.3 is 5.69 Å². The number of furan rings is 1. The van der Waals surface area contributed by atoms with E-state index in [4.69, 9.17) is 19.9 Å². The Morgan fingerprint density at radius 3 is 2.91 bits per heavy atom. The van der Waals surface area contributed by atoms with Crippen LogP contribution < -0.4 is 11.4 Å². The monoisotopic (exact) mass is 461 g/mol. The fourth-order valence-corrected chi connectivity index (χ4v) is 4.59. The topological polar surface area (TPSA) is 126 Å². The Balaban J connectivity index is 1.82. The van der Waals surface area contributed by atoms with E-state index in [0.717, 1.165) is 24.1 Å². The van der Waals surface area contributed by atoms with Gasteiger partial charge in [-0.15, -0.1) is 0 Å². The first-order chi connectivity index (χ1) is 16.5. The molecule has 1 saturated heterocycles. The van der Waals surface area contributed by atoms with Crippen LogP contribution in [0.15, 0.2) is 44.9 Å². The number of aromatic nitrogens is 5. The molecule has 10 nitrogen and oxygen atoms in total. The highest BCUT2D eigenvalue weighted by Gasteiger charge is 2.29. The average molecular weight is 462 g/mol. The lowest BCUT2D eigenvalue weighted by molar-refractivity contribution is -0.00711. The molecule has 0 saturated carbocycles. The SMILES string of the molecule is CC[C@H]1C[C@@H](n2c(=O)nc(C(C=NC)=CN)c3oc4ccc(-c5cnn(C)c5)nc4c32)CCO1. The van der Waals surface area contributed by atoms with E-state index in [0.29, 0.717) is 46.5 Å². The molecule has 0 spiro atoms. The summed E-state index contributed by atoms with van der Waals surface area (Å²) in [5.74, 6) is 0. The molecule has 2 atom stereocenters. The molecule has 5 rings (SSSR count). The summed E-state index contributed by atoms with van der Waals surface area (Å²) in [5, 5.41) is 4.25. The first-order valence-electron chi connectivity index (χ1n) is 11.3. The number of allylic oxidation sites excluding steroid dienone is 1. The molecule has 1 fully saturated rings. The summed E-state index contributed by atoms with van der Waals surface area (Å²) in [6.45, 7) is 2.67. The number of nitrogens with two attached hydrogens (primary N) is 1. The van der Waals surface area contributed by atoms with Crippen LogP contribution in [0, 0.1) is 0 Å². The van der Waals surface area contributed by atoms with Crippen LogP contribution in [0.2, 0.25) is 0 Å². The van der Waals surface area contributed by atoms with Crippen molar-refractivity contribution in [3.8, 4) is 11.3 Å². The maximum Gasteiger partial charge on any atom is 0.349 e. The third kappa shape index (κ3) is 3.69. The third-order valence-electron chi connectivity index (χ3n) is 6.26. The molecule has 0 unspecified atom stereocenters. The second-order valence-electron chi connectivity index (χ2n) is 8.43. The highest BCUT2D eigenvalue weighted by molar-refractivity contribution is 6.14. The fourth-order valence-electron chi connectivity index (χ4n) is 4.59. The maximum atomic E-state index is 13.5. The van der Waals surface area contributed by atoms with Crippen LogP contribution in [0.5, 0.6) is 0 Å². The molecule has 4 aromatic rings. The zero-order valence-corrected chi connectivity index (χ0v) is 19.4. The van der Waals surface area contributed by atoms with Gasteiger partial charge in [0.25, 0.3) is 0 Å². The number of ether oxygens (including phenoxy) is 1. The van der Waals surface area contributed by atoms with Crippen LogP contribution in [0.4, 0.5) is 0 Å². The van der Waals surface area contributed by atoms with Crippen molar-refractivity contribution in [2.45, 2.75) is 38.3 Å². The van der Waals surface area contributed by atoms with Gasteiger partial charge in [0.15, 0.2) is 11.2 Å². The lowest BCUT2D eigenvalue weighted by atomic mass is 10.0. The lowest BCUT2D eigenvalue weighted by Gasteiger charge is -2.30. The Morgan fingerprint density at radius 1 is 1.35 bits per heavy atom. The smallest absolute Gasteiger partial charge is 0.349 e. The largest absolute Gasteiger partial charge is 0.450 e. The number of rotatable bonds is 5.